The number of aliphatic hydroxyl groups is 1. The predicted molar refractivity (Wildman–Crippen MR) is 65.5 cm³/mol. The number of halogens is 1. The Balaban J connectivity index is 2.42. The van der Waals surface area contributed by atoms with Gasteiger partial charge in [0.2, 0.25) is 0 Å². The smallest absolute Gasteiger partial charge is 0.0862 e. The average molecular weight is 241 g/mol. The molecule has 0 radical (unpaired) electrons. The molecule has 0 saturated heterocycles. The normalized spacial score (nSPS) is 21.3. The summed E-state index contributed by atoms with van der Waals surface area (Å²) >= 11 is 6.16. The Hall–Kier alpha value is -0.800. The standard InChI is InChI=1S/C12H17ClN2O/c1-8(2)15-12(11(13)7-14-15)9-4-3-5-10(16)6-9/h6-8,10,16H,3-5H2,1-2H3. The fraction of sp³-hybridized carbons (Fsp3) is 0.583. The maximum absolute atomic E-state index is 9.65. The molecule has 1 N–H and O–H groups in total. The second kappa shape index (κ2) is 4.60. The van der Waals surface area contributed by atoms with Gasteiger partial charge in [0.1, 0.15) is 0 Å². The number of nitrogens with zero attached hydrogens (tertiary/aromatic N) is 2. The molecule has 0 aliphatic heterocycles. The van der Waals surface area contributed by atoms with Crippen LogP contribution in [0.25, 0.3) is 5.57 Å². The number of allylic oxidation sites excluding steroid dienone is 1. The van der Waals surface area contributed by atoms with Crippen LogP contribution in [0.15, 0.2) is 12.3 Å². The van der Waals surface area contributed by atoms with Gasteiger partial charge in [-0.2, -0.15) is 5.10 Å². The summed E-state index contributed by atoms with van der Waals surface area (Å²) in [5.74, 6) is 0. The van der Waals surface area contributed by atoms with E-state index in [4.69, 9.17) is 11.6 Å². The van der Waals surface area contributed by atoms with Gasteiger partial charge in [0.25, 0.3) is 0 Å². The molecule has 0 saturated carbocycles. The third-order valence-corrected chi connectivity index (χ3v) is 3.16. The molecule has 1 aromatic rings. The Kier molecular flexibility index (Phi) is 3.36. The number of hydrogen-bond donors (Lipinski definition) is 1. The van der Waals surface area contributed by atoms with Crippen molar-refractivity contribution in [3.05, 3.63) is 23.0 Å². The van der Waals surface area contributed by atoms with Crippen LogP contribution in [0.5, 0.6) is 0 Å². The molecule has 2 rings (SSSR count). The van der Waals surface area contributed by atoms with Gasteiger partial charge >= 0.3 is 0 Å². The summed E-state index contributed by atoms with van der Waals surface area (Å²) < 4.78 is 1.92. The molecule has 16 heavy (non-hydrogen) atoms. The molecule has 0 bridgehead atoms. The van der Waals surface area contributed by atoms with E-state index in [9.17, 15) is 5.11 Å². The molecule has 0 spiro atoms. The van der Waals surface area contributed by atoms with Gasteiger partial charge in [0.15, 0.2) is 0 Å². The van der Waals surface area contributed by atoms with Crippen molar-refractivity contribution in [1.82, 2.24) is 9.78 Å². The van der Waals surface area contributed by atoms with Crippen LogP contribution in [0.4, 0.5) is 0 Å². The summed E-state index contributed by atoms with van der Waals surface area (Å²) in [4.78, 5) is 0. The maximum atomic E-state index is 9.65. The lowest BCUT2D eigenvalue weighted by Crippen LogP contribution is -2.13. The molecule has 1 atom stereocenters. The van der Waals surface area contributed by atoms with Crippen molar-refractivity contribution in [2.75, 3.05) is 0 Å². The number of aromatic nitrogens is 2. The Bertz CT molecular complexity index is 409. The van der Waals surface area contributed by atoms with Crippen molar-refractivity contribution in [2.45, 2.75) is 45.3 Å². The molecule has 1 aliphatic rings. The SMILES string of the molecule is CC(C)n1ncc(Cl)c1C1=CC(O)CCC1. The zero-order valence-corrected chi connectivity index (χ0v) is 10.4. The average Bonchev–Trinajstić information content (AvgIpc) is 2.60. The van der Waals surface area contributed by atoms with Crippen molar-refractivity contribution < 1.29 is 5.11 Å². The summed E-state index contributed by atoms with van der Waals surface area (Å²) in [6.07, 6.45) is 6.07. The minimum atomic E-state index is -0.338. The van der Waals surface area contributed by atoms with Crippen molar-refractivity contribution in [3.63, 3.8) is 0 Å². The van der Waals surface area contributed by atoms with Crippen LogP contribution in [0.1, 0.15) is 44.8 Å². The zero-order valence-electron chi connectivity index (χ0n) is 9.65. The highest BCUT2D eigenvalue weighted by molar-refractivity contribution is 6.32. The van der Waals surface area contributed by atoms with Crippen molar-refractivity contribution in [3.8, 4) is 0 Å². The van der Waals surface area contributed by atoms with Crippen LogP contribution in [-0.2, 0) is 0 Å². The first kappa shape index (κ1) is 11.7. The summed E-state index contributed by atoms with van der Waals surface area (Å²) in [5.41, 5.74) is 2.09. The van der Waals surface area contributed by atoms with Crippen LogP contribution >= 0.6 is 11.6 Å². The maximum Gasteiger partial charge on any atom is 0.0862 e. The fourth-order valence-electron chi connectivity index (χ4n) is 2.13. The van der Waals surface area contributed by atoms with Crippen LogP contribution < -0.4 is 0 Å². The molecule has 1 aliphatic carbocycles. The fourth-order valence-corrected chi connectivity index (χ4v) is 2.38. The molecule has 4 heteroatoms. The topological polar surface area (TPSA) is 38.0 Å². The van der Waals surface area contributed by atoms with Gasteiger partial charge in [-0.1, -0.05) is 17.7 Å². The van der Waals surface area contributed by atoms with E-state index in [1.165, 1.54) is 0 Å². The first-order valence-electron chi connectivity index (χ1n) is 5.71. The molecule has 3 nitrogen and oxygen atoms in total. The predicted octanol–water partition coefficient (Wildman–Crippen LogP) is 3.05. The van der Waals surface area contributed by atoms with E-state index in [1.807, 2.05) is 10.8 Å². The van der Waals surface area contributed by atoms with Gasteiger partial charge in [-0.25, -0.2) is 0 Å². The number of rotatable bonds is 2. The lowest BCUT2D eigenvalue weighted by atomic mass is 9.95. The second-order valence-electron chi connectivity index (χ2n) is 4.53. The Morgan fingerprint density at radius 3 is 2.94 bits per heavy atom. The Morgan fingerprint density at radius 2 is 2.31 bits per heavy atom. The van der Waals surface area contributed by atoms with Crippen LogP contribution in [0, 0.1) is 0 Å². The monoisotopic (exact) mass is 240 g/mol. The third-order valence-electron chi connectivity index (χ3n) is 2.88. The number of aliphatic hydroxyl groups excluding tert-OH is 1. The first-order chi connectivity index (χ1) is 7.59. The number of hydrogen-bond acceptors (Lipinski definition) is 2. The largest absolute Gasteiger partial charge is 0.389 e. The van der Waals surface area contributed by atoms with Gasteiger partial charge in [0, 0.05) is 6.04 Å². The molecule has 0 fully saturated rings. The second-order valence-corrected chi connectivity index (χ2v) is 4.94. The minimum absolute atomic E-state index is 0.280. The van der Waals surface area contributed by atoms with E-state index in [2.05, 4.69) is 18.9 Å². The molecule has 1 unspecified atom stereocenters. The molecular weight excluding hydrogens is 224 g/mol. The molecule has 1 heterocycles. The van der Waals surface area contributed by atoms with Crippen molar-refractivity contribution in [1.29, 1.82) is 0 Å². The van der Waals surface area contributed by atoms with E-state index < -0.39 is 0 Å². The summed E-state index contributed by atoms with van der Waals surface area (Å²) in [7, 11) is 0. The molecular formula is C12H17ClN2O. The summed E-state index contributed by atoms with van der Waals surface area (Å²) in [6, 6.07) is 0.280. The van der Waals surface area contributed by atoms with Crippen molar-refractivity contribution >= 4 is 17.2 Å². The molecule has 0 amide bonds. The first-order valence-corrected chi connectivity index (χ1v) is 6.09. The van der Waals surface area contributed by atoms with Gasteiger partial charge in [-0.15, -0.1) is 0 Å². The summed E-state index contributed by atoms with van der Waals surface area (Å²) in [6.45, 7) is 4.15. The zero-order chi connectivity index (χ0) is 11.7. The lowest BCUT2D eigenvalue weighted by Gasteiger charge is -2.19. The van der Waals surface area contributed by atoms with Crippen LogP contribution in [-0.4, -0.2) is 21.0 Å². The highest BCUT2D eigenvalue weighted by Crippen LogP contribution is 2.32. The Labute approximate surface area is 101 Å². The highest BCUT2D eigenvalue weighted by atomic mass is 35.5. The quantitative estimate of drug-likeness (QED) is 0.863. The van der Waals surface area contributed by atoms with Crippen LogP contribution in [0.3, 0.4) is 0 Å². The highest BCUT2D eigenvalue weighted by Gasteiger charge is 2.19. The summed E-state index contributed by atoms with van der Waals surface area (Å²) in [5, 5.41) is 14.6. The van der Waals surface area contributed by atoms with E-state index in [1.54, 1.807) is 6.20 Å². The van der Waals surface area contributed by atoms with Gasteiger partial charge < -0.3 is 5.11 Å². The van der Waals surface area contributed by atoms with Crippen molar-refractivity contribution in [2.24, 2.45) is 0 Å². The lowest BCUT2D eigenvalue weighted by molar-refractivity contribution is 0.206. The van der Waals surface area contributed by atoms with E-state index in [0.29, 0.717) is 5.02 Å². The Morgan fingerprint density at radius 1 is 1.56 bits per heavy atom. The molecule has 1 aromatic heterocycles. The van der Waals surface area contributed by atoms with Crippen LogP contribution in [0.2, 0.25) is 5.02 Å². The van der Waals surface area contributed by atoms with Gasteiger partial charge in [-0.3, -0.25) is 4.68 Å². The van der Waals surface area contributed by atoms with E-state index in [0.717, 1.165) is 30.5 Å². The van der Waals surface area contributed by atoms with Gasteiger partial charge in [-0.05, 0) is 38.7 Å². The minimum Gasteiger partial charge on any atom is -0.389 e. The van der Waals surface area contributed by atoms with E-state index in [-0.39, 0.29) is 12.1 Å². The van der Waals surface area contributed by atoms with E-state index >= 15 is 0 Å². The third kappa shape index (κ3) is 2.15. The van der Waals surface area contributed by atoms with Gasteiger partial charge in [0.05, 0.1) is 23.0 Å². The molecule has 88 valence electrons. The molecule has 0 aromatic carbocycles.